The molecule has 1 saturated carbocycles. The summed E-state index contributed by atoms with van der Waals surface area (Å²) in [5, 5.41) is 11.0. The van der Waals surface area contributed by atoms with Gasteiger partial charge in [0.05, 0.1) is 23.8 Å². The second-order valence-electron chi connectivity index (χ2n) is 16.1. The lowest BCUT2D eigenvalue weighted by atomic mass is 9.60. The van der Waals surface area contributed by atoms with Gasteiger partial charge in [-0.25, -0.2) is 28.1 Å². The fourth-order valence-electron chi connectivity index (χ4n) is 10.4. The predicted octanol–water partition coefficient (Wildman–Crippen LogP) is 9.75. The minimum atomic E-state index is -0.266. The van der Waals surface area contributed by atoms with Gasteiger partial charge in [-0.05, 0) is 148 Å². The van der Waals surface area contributed by atoms with Crippen molar-refractivity contribution in [2.75, 3.05) is 0 Å². The van der Waals surface area contributed by atoms with Crippen LogP contribution in [0.5, 0.6) is 0 Å². The van der Waals surface area contributed by atoms with E-state index in [4.69, 9.17) is 9.97 Å². The molecular formula is C46H46F2N6O2. The van der Waals surface area contributed by atoms with E-state index in [0.717, 1.165) is 109 Å². The lowest BCUT2D eigenvalue weighted by molar-refractivity contribution is -0.123. The molecule has 0 radical (unpaired) electrons. The lowest BCUT2D eigenvalue weighted by Crippen LogP contribution is -2.40. The summed E-state index contributed by atoms with van der Waals surface area (Å²) in [6.45, 7) is 4.47. The van der Waals surface area contributed by atoms with Crippen molar-refractivity contribution in [1.29, 1.82) is 0 Å². The van der Waals surface area contributed by atoms with Crippen LogP contribution in [0.15, 0.2) is 84.7 Å². The monoisotopic (exact) mass is 752 g/mol. The van der Waals surface area contributed by atoms with Crippen LogP contribution in [0.3, 0.4) is 0 Å². The molecule has 4 aliphatic carbocycles. The van der Waals surface area contributed by atoms with Crippen molar-refractivity contribution in [3.8, 4) is 11.4 Å². The first kappa shape index (κ1) is 36.3. The van der Waals surface area contributed by atoms with Gasteiger partial charge in [0.1, 0.15) is 17.4 Å². The third-order valence-corrected chi connectivity index (χ3v) is 13.4. The Hall–Kier alpha value is -5.38. The smallest absolute Gasteiger partial charge is 0.163 e. The Morgan fingerprint density at radius 2 is 1.29 bits per heavy atom. The molecule has 0 amide bonds. The molecule has 0 bridgehead atoms. The van der Waals surface area contributed by atoms with Gasteiger partial charge in [-0.2, -0.15) is 10.2 Å². The van der Waals surface area contributed by atoms with Crippen molar-refractivity contribution >= 4 is 33.6 Å². The number of halogens is 2. The number of nitrogens with zero attached hydrogens (tertiary/aromatic N) is 6. The number of hydrogen-bond donors (Lipinski definition) is 0. The van der Waals surface area contributed by atoms with Crippen LogP contribution in [0.2, 0.25) is 0 Å². The van der Waals surface area contributed by atoms with E-state index in [1.54, 1.807) is 33.6 Å². The zero-order valence-electron chi connectivity index (χ0n) is 32.0. The van der Waals surface area contributed by atoms with Crippen LogP contribution < -0.4 is 0 Å². The third-order valence-electron chi connectivity index (χ3n) is 13.4. The molecule has 6 aromatic rings. The highest BCUT2D eigenvalue weighted by Gasteiger charge is 2.46. The van der Waals surface area contributed by atoms with Gasteiger partial charge in [0, 0.05) is 52.3 Å². The average molecular weight is 753 g/mol. The molecule has 0 spiro atoms. The second-order valence-corrected chi connectivity index (χ2v) is 16.1. The Bertz CT molecular complexity index is 2520. The first-order chi connectivity index (χ1) is 27.2. The van der Waals surface area contributed by atoms with Gasteiger partial charge in [0.15, 0.2) is 17.1 Å². The molecule has 3 atom stereocenters. The highest BCUT2D eigenvalue weighted by molar-refractivity contribution is 5.92. The minimum Gasteiger partial charge on any atom is -0.300 e. The third kappa shape index (κ3) is 6.08. The van der Waals surface area contributed by atoms with Crippen LogP contribution in [0.25, 0.3) is 33.4 Å². The van der Waals surface area contributed by atoms with E-state index < -0.39 is 0 Å². The number of carbonyl (C=O) groups is 2. The molecule has 4 aromatic heterocycles. The molecule has 10 rings (SSSR count). The molecule has 4 heterocycles. The average Bonchev–Trinajstić information content (AvgIpc) is 3.74. The number of pyridine rings is 2. The van der Waals surface area contributed by atoms with E-state index in [0.29, 0.717) is 31.0 Å². The summed E-state index contributed by atoms with van der Waals surface area (Å²) in [5.41, 5.74) is 9.32. The van der Waals surface area contributed by atoms with E-state index >= 15 is 0 Å². The Labute approximate surface area is 325 Å². The summed E-state index contributed by atoms with van der Waals surface area (Å²) in [7, 11) is 0. The lowest BCUT2D eigenvalue weighted by Gasteiger charge is -2.43. The minimum absolute atomic E-state index is 0.0545. The Balaban J connectivity index is 0.000000146. The number of hydrogen-bond acceptors (Lipinski definition) is 6. The molecular weight excluding hydrogens is 707 g/mol. The fourth-order valence-corrected chi connectivity index (χ4v) is 10.4. The number of fused-ring (bicyclic) bond motifs is 8. The maximum Gasteiger partial charge on any atom is 0.163 e. The summed E-state index contributed by atoms with van der Waals surface area (Å²) in [6.07, 6.45) is 17.3. The molecule has 0 N–H and O–H groups in total. The molecule has 8 nitrogen and oxygen atoms in total. The van der Waals surface area contributed by atoms with Gasteiger partial charge < -0.3 is 0 Å². The first-order valence-electron chi connectivity index (χ1n) is 20.2. The van der Waals surface area contributed by atoms with E-state index in [1.807, 2.05) is 18.5 Å². The molecule has 1 unspecified atom stereocenters. The zero-order chi connectivity index (χ0) is 38.6. The Kier molecular flexibility index (Phi) is 9.25. The van der Waals surface area contributed by atoms with Gasteiger partial charge in [-0.3, -0.25) is 9.59 Å². The van der Waals surface area contributed by atoms with E-state index in [2.05, 4.69) is 36.2 Å². The van der Waals surface area contributed by atoms with E-state index in [9.17, 15) is 18.4 Å². The summed E-state index contributed by atoms with van der Waals surface area (Å²) < 4.78 is 30.2. The van der Waals surface area contributed by atoms with Crippen molar-refractivity contribution in [3.05, 3.63) is 119 Å². The van der Waals surface area contributed by atoms with Crippen LogP contribution in [0, 0.1) is 17.6 Å². The van der Waals surface area contributed by atoms with Crippen molar-refractivity contribution in [3.63, 3.8) is 0 Å². The summed E-state index contributed by atoms with van der Waals surface area (Å²) in [4.78, 5) is 34.3. The van der Waals surface area contributed by atoms with Crippen LogP contribution in [0.4, 0.5) is 8.78 Å². The molecule has 0 aliphatic heterocycles. The Morgan fingerprint density at radius 3 is 1.89 bits per heavy atom. The summed E-state index contributed by atoms with van der Waals surface area (Å²) in [5.74, 6) is 0.561. The molecule has 4 aliphatic rings. The fraction of sp³-hybridized carbons (Fsp3) is 0.391. The number of benzene rings is 2. The van der Waals surface area contributed by atoms with Crippen LogP contribution in [0.1, 0.15) is 107 Å². The zero-order valence-corrected chi connectivity index (χ0v) is 32.0. The molecule has 0 saturated heterocycles. The largest absolute Gasteiger partial charge is 0.300 e. The second kappa shape index (κ2) is 14.3. The number of rotatable bonds is 4. The van der Waals surface area contributed by atoms with Crippen LogP contribution in [-0.4, -0.2) is 41.1 Å². The number of ketones is 2. The highest BCUT2D eigenvalue weighted by Crippen LogP contribution is 2.51. The highest BCUT2D eigenvalue weighted by atomic mass is 19.1. The SMILES string of the molecule is CCC12CCC(=O)C=C1CCCc1nc3c(cnn3-c3ccc(F)cc3)cc12.CC[C@@]12CCC(=O)C[C@@H]1CCCc1nc3c(cnn3-c3ccc(F)cc3)cc12. The number of carbonyl (C=O) groups excluding carboxylic acids is 2. The number of aryl methyl sites for hydroxylation is 2. The first-order valence-corrected chi connectivity index (χ1v) is 20.2. The van der Waals surface area contributed by atoms with Crippen molar-refractivity contribution in [2.24, 2.45) is 5.92 Å². The number of Topliss-reactive ketones (excluding diaryl/α,β-unsaturated/α-hetero) is 1. The predicted molar refractivity (Wildman–Crippen MR) is 212 cm³/mol. The standard InChI is InChI=1S/C23H24FN3O.C23H22FN3O/c2*1-2-23-11-10-19(28)13-16(23)4-3-5-21-20(23)12-15-14-25-27(22(15)26-21)18-8-6-17(24)7-9-18/h6-9,12,14,16H,2-5,10-11,13H2,1H3;6-9,12-14H,2-5,10-11H2,1H3/t16-,23+;/m0./s1. The van der Waals surface area contributed by atoms with Crippen LogP contribution in [-0.2, 0) is 33.3 Å². The molecule has 10 heteroatoms. The number of allylic oxidation sites excluding steroid dienone is 2. The van der Waals surface area contributed by atoms with E-state index in [-0.39, 0.29) is 28.2 Å². The Morgan fingerprint density at radius 1 is 0.696 bits per heavy atom. The van der Waals surface area contributed by atoms with Gasteiger partial charge in [-0.1, -0.05) is 19.4 Å². The van der Waals surface area contributed by atoms with Crippen molar-refractivity contribution < 1.29 is 18.4 Å². The maximum atomic E-state index is 13.3. The maximum absolute atomic E-state index is 13.3. The van der Waals surface area contributed by atoms with Crippen molar-refractivity contribution in [1.82, 2.24) is 29.5 Å². The quantitative estimate of drug-likeness (QED) is 0.178. The van der Waals surface area contributed by atoms with Gasteiger partial charge in [-0.15, -0.1) is 0 Å². The van der Waals surface area contributed by atoms with Gasteiger partial charge in [0.2, 0.25) is 0 Å². The summed E-state index contributed by atoms with van der Waals surface area (Å²) in [6, 6.07) is 17.2. The van der Waals surface area contributed by atoms with Crippen molar-refractivity contribution in [2.45, 2.75) is 108 Å². The molecule has 2 aromatic carbocycles. The topological polar surface area (TPSA) is 95.6 Å². The molecule has 286 valence electrons. The van der Waals surface area contributed by atoms with Gasteiger partial charge >= 0.3 is 0 Å². The van der Waals surface area contributed by atoms with Crippen LogP contribution >= 0.6 is 0 Å². The number of aromatic nitrogens is 6. The van der Waals surface area contributed by atoms with Gasteiger partial charge in [0.25, 0.3) is 0 Å². The molecule has 1 fully saturated rings. The molecule has 56 heavy (non-hydrogen) atoms. The normalized spacial score (nSPS) is 23.2. The summed E-state index contributed by atoms with van der Waals surface area (Å²) >= 11 is 0. The van der Waals surface area contributed by atoms with E-state index in [1.165, 1.54) is 41.0 Å².